The molecule has 2 aromatic rings. The standard InChI is InChI=1S/C22H29N5O/c1-4-5-6-7-20(25-17(3)27-10-11-28-15-16(27)2)21-9-8-18-14-24-19(13-23)12-22(18)26-21/h5-9,12,14,16H,4,10-11,13,15,23H2,1-3H3/b6-5+,20-7-,25-17?. The van der Waals surface area contributed by atoms with Gasteiger partial charge in [0.05, 0.1) is 41.9 Å². The SMILES string of the molecule is CC/C=C/C=C(\N=C(C)N1CCOCC1C)c1ccc2cnc(CN)cc2n1. The lowest BCUT2D eigenvalue weighted by Crippen LogP contribution is -2.46. The molecule has 6 nitrogen and oxygen atoms in total. The van der Waals surface area contributed by atoms with Crippen LogP contribution in [-0.2, 0) is 11.3 Å². The summed E-state index contributed by atoms with van der Waals surface area (Å²) in [6.07, 6.45) is 8.97. The summed E-state index contributed by atoms with van der Waals surface area (Å²) in [6.45, 7) is 9.04. The van der Waals surface area contributed by atoms with Crippen LogP contribution in [0.5, 0.6) is 0 Å². The van der Waals surface area contributed by atoms with Crippen LogP contribution < -0.4 is 5.73 Å². The molecule has 1 unspecified atom stereocenters. The number of fused-ring (bicyclic) bond motifs is 1. The molecule has 0 aliphatic carbocycles. The molecule has 1 saturated heterocycles. The second-order valence-electron chi connectivity index (χ2n) is 6.93. The summed E-state index contributed by atoms with van der Waals surface area (Å²) in [7, 11) is 0. The van der Waals surface area contributed by atoms with Crippen molar-refractivity contribution in [3.8, 4) is 0 Å². The van der Waals surface area contributed by atoms with Gasteiger partial charge in [-0.15, -0.1) is 0 Å². The lowest BCUT2D eigenvalue weighted by molar-refractivity contribution is 0.0330. The molecule has 1 fully saturated rings. The van der Waals surface area contributed by atoms with Crippen LogP contribution in [0, 0.1) is 0 Å². The Morgan fingerprint density at radius 1 is 1.43 bits per heavy atom. The third-order valence-corrected chi connectivity index (χ3v) is 4.79. The normalized spacial score (nSPS) is 19.0. The summed E-state index contributed by atoms with van der Waals surface area (Å²) in [5, 5.41) is 0.993. The van der Waals surface area contributed by atoms with E-state index in [0.717, 1.165) is 60.0 Å². The van der Waals surface area contributed by atoms with Crippen molar-refractivity contribution in [3.63, 3.8) is 0 Å². The van der Waals surface area contributed by atoms with E-state index in [1.165, 1.54) is 0 Å². The molecule has 3 rings (SSSR count). The Bertz CT molecular complexity index is 903. The van der Waals surface area contributed by atoms with Crippen molar-refractivity contribution in [2.45, 2.75) is 39.8 Å². The summed E-state index contributed by atoms with van der Waals surface area (Å²) in [4.78, 5) is 16.4. The molecule has 2 aromatic heterocycles. The number of ether oxygens (including phenoxy) is 1. The van der Waals surface area contributed by atoms with E-state index in [-0.39, 0.29) is 0 Å². The van der Waals surface area contributed by atoms with Crippen LogP contribution in [0.3, 0.4) is 0 Å². The predicted octanol–water partition coefficient (Wildman–Crippen LogP) is 3.53. The van der Waals surface area contributed by atoms with Crippen LogP contribution in [0.15, 0.2) is 47.6 Å². The molecule has 148 valence electrons. The fourth-order valence-corrected chi connectivity index (χ4v) is 3.23. The lowest BCUT2D eigenvalue weighted by atomic mass is 10.2. The van der Waals surface area contributed by atoms with Crippen molar-refractivity contribution in [2.75, 3.05) is 19.8 Å². The van der Waals surface area contributed by atoms with Crippen LogP contribution in [0.2, 0.25) is 0 Å². The average Bonchev–Trinajstić information content (AvgIpc) is 2.72. The molecule has 1 aliphatic heterocycles. The zero-order valence-corrected chi connectivity index (χ0v) is 16.9. The van der Waals surface area contributed by atoms with E-state index in [0.29, 0.717) is 12.6 Å². The van der Waals surface area contributed by atoms with Gasteiger partial charge in [0.1, 0.15) is 5.84 Å². The summed E-state index contributed by atoms with van der Waals surface area (Å²) in [5.74, 6) is 0.978. The van der Waals surface area contributed by atoms with Crippen LogP contribution in [-0.4, -0.2) is 46.5 Å². The third-order valence-electron chi connectivity index (χ3n) is 4.79. The number of hydrogen-bond donors (Lipinski definition) is 1. The van der Waals surface area contributed by atoms with Crippen LogP contribution in [0.1, 0.15) is 38.6 Å². The Hall–Kier alpha value is -2.57. The van der Waals surface area contributed by atoms with E-state index in [2.05, 4.69) is 36.7 Å². The van der Waals surface area contributed by atoms with E-state index in [4.69, 9.17) is 20.4 Å². The van der Waals surface area contributed by atoms with E-state index >= 15 is 0 Å². The number of aromatic nitrogens is 2. The first-order valence-corrected chi connectivity index (χ1v) is 9.85. The van der Waals surface area contributed by atoms with E-state index in [1.807, 2.05) is 36.5 Å². The van der Waals surface area contributed by atoms with Gasteiger partial charge in [0, 0.05) is 24.7 Å². The first kappa shape index (κ1) is 20.2. The van der Waals surface area contributed by atoms with Crippen LogP contribution in [0.25, 0.3) is 16.6 Å². The van der Waals surface area contributed by atoms with Crippen LogP contribution in [0.4, 0.5) is 0 Å². The molecule has 28 heavy (non-hydrogen) atoms. The predicted molar refractivity (Wildman–Crippen MR) is 115 cm³/mol. The van der Waals surface area contributed by atoms with Gasteiger partial charge in [0.15, 0.2) is 0 Å². The van der Waals surface area contributed by atoms with Crippen molar-refractivity contribution < 1.29 is 4.74 Å². The van der Waals surface area contributed by atoms with Crippen molar-refractivity contribution in [1.29, 1.82) is 0 Å². The molecule has 0 saturated carbocycles. The Balaban J connectivity index is 1.99. The molecule has 2 N–H and O–H groups in total. The van der Waals surface area contributed by atoms with Gasteiger partial charge in [-0.25, -0.2) is 9.98 Å². The highest BCUT2D eigenvalue weighted by atomic mass is 16.5. The van der Waals surface area contributed by atoms with E-state index in [1.54, 1.807) is 0 Å². The first-order valence-electron chi connectivity index (χ1n) is 9.85. The number of hydrogen-bond acceptors (Lipinski definition) is 5. The zero-order chi connectivity index (χ0) is 19.9. The number of amidine groups is 1. The molecule has 6 heteroatoms. The number of morpholine rings is 1. The molecule has 0 bridgehead atoms. The Kier molecular flexibility index (Phi) is 6.90. The average molecular weight is 380 g/mol. The summed E-state index contributed by atoms with van der Waals surface area (Å²) in [6, 6.07) is 6.29. The maximum Gasteiger partial charge on any atom is 0.102 e. The molecular weight excluding hydrogens is 350 g/mol. The highest BCUT2D eigenvalue weighted by molar-refractivity contribution is 5.87. The van der Waals surface area contributed by atoms with Gasteiger partial charge in [0.25, 0.3) is 0 Å². The second kappa shape index (κ2) is 9.57. The quantitative estimate of drug-likeness (QED) is 0.488. The molecule has 0 spiro atoms. The largest absolute Gasteiger partial charge is 0.377 e. The number of aliphatic imine (C=N–C) groups is 1. The topological polar surface area (TPSA) is 76.6 Å². The van der Waals surface area contributed by atoms with Gasteiger partial charge < -0.3 is 15.4 Å². The number of pyridine rings is 2. The maximum absolute atomic E-state index is 5.73. The van der Waals surface area contributed by atoms with Crippen LogP contribution >= 0.6 is 0 Å². The smallest absolute Gasteiger partial charge is 0.102 e. The number of nitrogens with two attached hydrogens (primary N) is 1. The zero-order valence-electron chi connectivity index (χ0n) is 16.9. The minimum atomic E-state index is 0.313. The highest BCUT2D eigenvalue weighted by Crippen LogP contribution is 2.20. The number of allylic oxidation sites excluding steroid dienone is 3. The van der Waals surface area contributed by atoms with Crippen molar-refractivity contribution >= 4 is 22.4 Å². The van der Waals surface area contributed by atoms with Crippen molar-refractivity contribution in [3.05, 3.63) is 54.0 Å². The minimum Gasteiger partial charge on any atom is -0.377 e. The lowest BCUT2D eigenvalue weighted by Gasteiger charge is -2.34. The monoisotopic (exact) mass is 379 g/mol. The summed E-state index contributed by atoms with van der Waals surface area (Å²) in [5.41, 5.74) is 9.12. The fourth-order valence-electron chi connectivity index (χ4n) is 3.23. The molecular formula is C22H29N5O. The van der Waals surface area contributed by atoms with E-state index < -0.39 is 0 Å². The molecule has 3 heterocycles. The fraction of sp³-hybridized carbons (Fsp3) is 0.409. The first-order chi connectivity index (χ1) is 13.6. The van der Waals surface area contributed by atoms with Crippen molar-refractivity contribution in [2.24, 2.45) is 10.7 Å². The van der Waals surface area contributed by atoms with Gasteiger partial charge >= 0.3 is 0 Å². The maximum atomic E-state index is 5.73. The van der Waals surface area contributed by atoms with Crippen molar-refractivity contribution in [1.82, 2.24) is 14.9 Å². The minimum absolute atomic E-state index is 0.313. The second-order valence-corrected chi connectivity index (χ2v) is 6.93. The molecule has 1 atom stereocenters. The molecule has 0 radical (unpaired) electrons. The Labute approximate surface area is 166 Å². The Morgan fingerprint density at radius 3 is 3.04 bits per heavy atom. The third kappa shape index (κ3) is 4.82. The van der Waals surface area contributed by atoms with Gasteiger partial charge in [-0.05, 0) is 44.5 Å². The van der Waals surface area contributed by atoms with E-state index in [9.17, 15) is 0 Å². The highest BCUT2D eigenvalue weighted by Gasteiger charge is 2.20. The molecule has 0 amide bonds. The number of rotatable bonds is 5. The summed E-state index contributed by atoms with van der Waals surface area (Å²) < 4.78 is 5.55. The van der Waals surface area contributed by atoms with Gasteiger partial charge in [-0.2, -0.15) is 0 Å². The summed E-state index contributed by atoms with van der Waals surface area (Å²) >= 11 is 0. The molecule has 1 aliphatic rings. The Morgan fingerprint density at radius 2 is 2.29 bits per heavy atom. The molecule has 0 aromatic carbocycles. The van der Waals surface area contributed by atoms with Gasteiger partial charge in [-0.1, -0.05) is 19.1 Å². The number of nitrogens with zero attached hydrogens (tertiary/aromatic N) is 4. The van der Waals surface area contributed by atoms with Gasteiger partial charge in [0.2, 0.25) is 0 Å². The van der Waals surface area contributed by atoms with Gasteiger partial charge in [-0.3, -0.25) is 4.98 Å².